The number of aromatic nitrogens is 2. The topological polar surface area (TPSA) is 71.8 Å². The zero-order valence-corrected chi connectivity index (χ0v) is 13.3. The molecule has 3 aromatic rings. The first kappa shape index (κ1) is 17.0. The SMILES string of the molecule is NC(=O)C=Cc1c[nH]c2ncc(-c3ccc(Cl)c(C(F)(F)F)c3)cc12. The lowest BCUT2D eigenvalue weighted by molar-refractivity contribution is -0.137. The molecule has 3 rings (SSSR count). The molecule has 1 aromatic carbocycles. The molecule has 2 aromatic heterocycles. The Morgan fingerprint density at radius 2 is 2.00 bits per heavy atom. The molecule has 0 atom stereocenters. The van der Waals surface area contributed by atoms with Gasteiger partial charge in [-0.05, 0) is 29.8 Å². The van der Waals surface area contributed by atoms with Crippen LogP contribution in [0.4, 0.5) is 13.2 Å². The predicted octanol–water partition coefficient (Wildman–Crippen LogP) is 4.40. The van der Waals surface area contributed by atoms with Gasteiger partial charge < -0.3 is 10.7 Å². The minimum Gasteiger partial charge on any atom is -0.366 e. The molecule has 25 heavy (non-hydrogen) atoms. The minimum absolute atomic E-state index is 0.331. The van der Waals surface area contributed by atoms with Crippen LogP contribution in [0.25, 0.3) is 28.2 Å². The summed E-state index contributed by atoms with van der Waals surface area (Å²) in [7, 11) is 0. The summed E-state index contributed by atoms with van der Waals surface area (Å²) >= 11 is 5.65. The molecule has 0 saturated heterocycles. The fourth-order valence-corrected chi connectivity index (χ4v) is 2.64. The Balaban J connectivity index is 2.11. The van der Waals surface area contributed by atoms with Crippen molar-refractivity contribution >= 4 is 34.6 Å². The average molecular weight is 366 g/mol. The van der Waals surface area contributed by atoms with Crippen LogP contribution in [-0.2, 0) is 11.0 Å². The Kier molecular flexibility index (Phi) is 4.26. The van der Waals surface area contributed by atoms with Crippen LogP contribution >= 0.6 is 11.6 Å². The van der Waals surface area contributed by atoms with Gasteiger partial charge in [0, 0.05) is 35.0 Å². The third-order valence-electron chi connectivity index (χ3n) is 3.60. The third-order valence-corrected chi connectivity index (χ3v) is 3.92. The Labute approximate surface area is 145 Å². The van der Waals surface area contributed by atoms with Crippen molar-refractivity contribution in [2.75, 3.05) is 0 Å². The molecule has 0 saturated carbocycles. The number of hydrogen-bond donors (Lipinski definition) is 2. The van der Waals surface area contributed by atoms with Crippen LogP contribution in [0.3, 0.4) is 0 Å². The summed E-state index contributed by atoms with van der Waals surface area (Å²) in [6.07, 6.45) is 1.25. The van der Waals surface area contributed by atoms with Gasteiger partial charge in [0.25, 0.3) is 0 Å². The summed E-state index contributed by atoms with van der Waals surface area (Å²) in [5, 5.41) is 0.288. The number of pyridine rings is 1. The number of halogens is 4. The highest BCUT2D eigenvalue weighted by Crippen LogP contribution is 2.37. The summed E-state index contributed by atoms with van der Waals surface area (Å²) < 4.78 is 39.1. The van der Waals surface area contributed by atoms with E-state index in [1.54, 1.807) is 12.3 Å². The number of primary amides is 1. The summed E-state index contributed by atoms with van der Waals surface area (Å²) in [4.78, 5) is 18.0. The number of fused-ring (bicyclic) bond motifs is 1. The molecule has 1 amide bonds. The smallest absolute Gasteiger partial charge is 0.366 e. The number of hydrogen-bond acceptors (Lipinski definition) is 2. The van der Waals surface area contributed by atoms with Crippen LogP contribution in [-0.4, -0.2) is 15.9 Å². The third kappa shape index (κ3) is 3.51. The average Bonchev–Trinajstić information content (AvgIpc) is 2.94. The number of alkyl halides is 3. The Hall–Kier alpha value is -2.80. The van der Waals surface area contributed by atoms with Crippen LogP contribution in [0.2, 0.25) is 5.02 Å². The highest BCUT2D eigenvalue weighted by atomic mass is 35.5. The first-order valence-electron chi connectivity index (χ1n) is 7.07. The first-order valence-corrected chi connectivity index (χ1v) is 7.45. The van der Waals surface area contributed by atoms with Crippen molar-refractivity contribution in [3.63, 3.8) is 0 Å². The quantitative estimate of drug-likeness (QED) is 0.675. The number of carbonyl (C=O) groups is 1. The van der Waals surface area contributed by atoms with Crippen molar-refractivity contribution in [3.05, 3.63) is 58.9 Å². The van der Waals surface area contributed by atoms with Crippen molar-refractivity contribution in [3.8, 4) is 11.1 Å². The molecule has 0 aliphatic rings. The van der Waals surface area contributed by atoms with Gasteiger partial charge in [-0.15, -0.1) is 0 Å². The van der Waals surface area contributed by atoms with E-state index >= 15 is 0 Å². The van der Waals surface area contributed by atoms with E-state index in [2.05, 4.69) is 9.97 Å². The summed E-state index contributed by atoms with van der Waals surface area (Å²) in [5.74, 6) is -0.606. The van der Waals surface area contributed by atoms with Crippen LogP contribution in [0.15, 0.2) is 42.7 Å². The Morgan fingerprint density at radius 3 is 2.68 bits per heavy atom. The van der Waals surface area contributed by atoms with E-state index in [0.29, 0.717) is 27.7 Å². The minimum atomic E-state index is -4.55. The number of amides is 1. The molecule has 128 valence electrons. The lowest BCUT2D eigenvalue weighted by Gasteiger charge is -2.11. The highest BCUT2D eigenvalue weighted by Gasteiger charge is 2.33. The molecule has 2 heterocycles. The summed E-state index contributed by atoms with van der Waals surface area (Å²) in [5.41, 5.74) is 6.17. The number of carbonyl (C=O) groups excluding carboxylic acids is 1. The van der Waals surface area contributed by atoms with Gasteiger partial charge in [0.05, 0.1) is 10.6 Å². The van der Waals surface area contributed by atoms with Crippen molar-refractivity contribution in [1.29, 1.82) is 0 Å². The van der Waals surface area contributed by atoms with Crippen LogP contribution in [0.5, 0.6) is 0 Å². The van der Waals surface area contributed by atoms with Crippen LogP contribution in [0.1, 0.15) is 11.1 Å². The molecule has 0 fully saturated rings. The molecular formula is C17H11ClF3N3O. The van der Waals surface area contributed by atoms with E-state index in [9.17, 15) is 18.0 Å². The fraction of sp³-hybridized carbons (Fsp3) is 0.0588. The molecule has 0 aliphatic carbocycles. The number of H-pyrrole nitrogens is 1. The maximum absolute atomic E-state index is 13.0. The highest BCUT2D eigenvalue weighted by molar-refractivity contribution is 6.31. The zero-order chi connectivity index (χ0) is 18.2. The van der Waals surface area contributed by atoms with E-state index < -0.39 is 17.6 Å². The molecule has 8 heteroatoms. The predicted molar refractivity (Wildman–Crippen MR) is 89.8 cm³/mol. The van der Waals surface area contributed by atoms with Gasteiger partial charge in [0.1, 0.15) is 5.65 Å². The number of benzene rings is 1. The molecule has 3 N–H and O–H groups in total. The lowest BCUT2D eigenvalue weighted by atomic mass is 10.0. The van der Waals surface area contributed by atoms with Crippen LogP contribution < -0.4 is 5.73 Å². The molecule has 0 aliphatic heterocycles. The Morgan fingerprint density at radius 1 is 1.24 bits per heavy atom. The number of nitrogens with one attached hydrogen (secondary N) is 1. The second-order valence-electron chi connectivity index (χ2n) is 5.29. The molecule has 0 spiro atoms. The van der Waals surface area contributed by atoms with Crippen molar-refractivity contribution in [2.45, 2.75) is 6.18 Å². The monoisotopic (exact) mass is 365 g/mol. The molecule has 4 nitrogen and oxygen atoms in total. The summed E-state index contributed by atoms with van der Waals surface area (Å²) in [6.45, 7) is 0. The second-order valence-corrected chi connectivity index (χ2v) is 5.70. The van der Waals surface area contributed by atoms with Gasteiger partial charge >= 0.3 is 6.18 Å². The first-order chi connectivity index (χ1) is 11.8. The van der Waals surface area contributed by atoms with Gasteiger partial charge in [-0.25, -0.2) is 4.98 Å². The van der Waals surface area contributed by atoms with E-state index in [0.717, 1.165) is 6.07 Å². The van der Waals surface area contributed by atoms with Crippen molar-refractivity contribution in [1.82, 2.24) is 9.97 Å². The summed E-state index contributed by atoms with van der Waals surface area (Å²) in [6, 6.07) is 5.36. The lowest BCUT2D eigenvalue weighted by Crippen LogP contribution is -2.05. The molecule has 0 unspecified atom stereocenters. The van der Waals surface area contributed by atoms with E-state index in [-0.39, 0.29) is 5.02 Å². The largest absolute Gasteiger partial charge is 0.417 e. The number of rotatable bonds is 3. The second kappa shape index (κ2) is 6.25. The molecule has 0 bridgehead atoms. The van der Waals surface area contributed by atoms with Gasteiger partial charge in [0.2, 0.25) is 5.91 Å². The van der Waals surface area contributed by atoms with Crippen molar-refractivity contribution in [2.24, 2.45) is 5.73 Å². The molecule has 0 radical (unpaired) electrons. The van der Waals surface area contributed by atoms with Crippen LogP contribution in [0, 0.1) is 0 Å². The van der Waals surface area contributed by atoms with E-state index in [1.807, 2.05) is 0 Å². The normalized spacial score (nSPS) is 12.2. The van der Waals surface area contributed by atoms with Gasteiger partial charge in [0.15, 0.2) is 0 Å². The maximum Gasteiger partial charge on any atom is 0.417 e. The van der Waals surface area contributed by atoms with E-state index in [4.69, 9.17) is 17.3 Å². The number of nitrogens with two attached hydrogens (primary N) is 1. The standard InChI is InChI=1S/C17H11ClF3N3O/c18-14-3-1-9(6-13(14)17(19,20)21)11-5-12-10(2-4-15(22)25)7-23-16(12)24-8-11/h1-8H,(H2,22,25)(H,23,24). The van der Waals surface area contributed by atoms with Gasteiger partial charge in [-0.2, -0.15) is 13.2 Å². The molecular weight excluding hydrogens is 355 g/mol. The van der Waals surface area contributed by atoms with Gasteiger partial charge in [-0.3, -0.25) is 4.79 Å². The Bertz CT molecular complexity index is 992. The van der Waals surface area contributed by atoms with E-state index in [1.165, 1.54) is 30.5 Å². The van der Waals surface area contributed by atoms with Gasteiger partial charge in [-0.1, -0.05) is 17.7 Å². The number of nitrogens with zero attached hydrogens (tertiary/aromatic N) is 1. The van der Waals surface area contributed by atoms with Crippen molar-refractivity contribution < 1.29 is 18.0 Å². The zero-order valence-electron chi connectivity index (χ0n) is 12.6. The fourth-order valence-electron chi connectivity index (χ4n) is 2.41. The number of aromatic amines is 1. The maximum atomic E-state index is 13.0.